The summed E-state index contributed by atoms with van der Waals surface area (Å²) in [6.07, 6.45) is 1.56. The van der Waals surface area contributed by atoms with Gasteiger partial charge in [0.25, 0.3) is 5.56 Å². The number of rotatable bonds is 6. The van der Waals surface area contributed by atoms with E-state index < -0.39 is 0 Å². The molecule has 0 radical (unpaired) electrons. The maximum atomic E-state index is 13.9. The van der Waals surface area contributed by atoms with Gasteiger partial charge < -0.3 is 4.74 Å². The Hall–Kier alpha value is -2.26. The quantitative estimate of drug-likeness (QED) is 0.156. The van der Waals surface area contributed by atoms with Crippen molar-refractivity contribution >= 4 is 55.0 Å². The number of hydrogen-bond donors (Lipinski definition) is 0. The Morgan fingerprint density at radius 3 is 2.65 bits per heavy atom. The van der Waals surface area contributed by atoms with Crippen molar-refractivity contribution in [3.63, 3.8) is 0 Å². The highest BCUT2D eigenvalue weighted by atomic mass is 79.9. The van der Waals surface area contributed by atoms with Crippen molar-refractivity contribution in [3.05, 3.63) is 85.4 Å². The molecular weight excluding hydrogens is 532 g/mol. The van der Waals surface area contributed by atoms with E-state index in [2.05, 4.69) is 29.8 Å². The van der Waals surface area contributed by atoms with E-state index in [4.69, 9.17) is 9.72 Å². The number of aromatic nitrogens is 2. The van der Waals surface area contributed by atoms with Gasteiger partial charge in [-0.25, -0.2) is 4.98 Å². The molecule has 0 unspecified atom stereocenters. The van der Waals surface area contributed by atoms with Crippen LogP contribution >= 0.6 is 39.0 Å². The van der Waals surface area contributed by atoms with E-state index in [1.165, 1.54) is 23.1 Å². The summed E-state index contributed by atoms with van der Waals surface area (Å²) in [5.74, 6) is 0.179. The van der Waals surface area contributed by atoms with Crippen LogP contribution in [0.1, 0.15) is 41.1 Å². The molecule has 0 amide bonds. The molecule has 34 heavy (non-hydrogen) atoms. The summed E-state index contributed by atoms with van der Waals surface area (Å²) in [7, 11) is 0. The van der Waals surface area contributed by atoms with E-state index in [-0.39, 0.29) is 22.7 Å². The van der Waals surface area contributed by atoms with Crippen LogP contribution in [0.3, 0.4) is 0 Å². The average Bonchev–Trinajstić information content (AvgIpc) is 3.21. The Bertz CT molecular complexity index is 1430. The SMILES string of the molecule is CC[C@@]1(C)Cc2c(sc3nc(SCC(=O)c4ccc(Br)cc4)n(-c4ccccc4)c(=O)c23)CO1. The third-order valence-corrected chi connectivity index (χ3v) is 8.81. The average molecular weight is 556 g/mol. The highest BCUT2D eigenvalue weighted by Crippen LogP contribution is 2.39. The fourth-order valence-corrected chi connectivity index (χ4v) is 6.39. The Morgan fingerprint density at radius 1 is 1.21 bits per heavy atom. The molecule has 174 valence electrons. The first-order chi connectivity index (χ1) is 16.4. The van der Waals surface area contributed by atoms with Crippen LogP contribution in [0.4, 0.5) is 0 Å². The molecule has 0 bridgehead atoms. The summed E-state index contributed by atoms with van der Waals surface area (Å²) < 4.78 is 8.68. The number of hydrogen-bond acceptors (Lipinski definition) is 6. The summed E-state index contributed by atoms with van der Waals surface area (Å²) in [6.45, 7) is 4.70. The fraction of sp³-hybridized carbons (Fsp3) is 0.269. The second-order valence-corrected chi connectivity index (χ2v) is 11.5. The molecule has 2 aromatic carbocycles. The molecule has 5 nitrogen and oxygen atoms in total. The molecule has 0 fully saturated rings. The number of carbonyl (C=O) groups excluding carboxylic acids is 1. The second-order valence-electron chi connectivity index (χ2n) is 8.54. The van der Waals surface area contributed by atoms with Crippen LogP contribution in [0.15, 0.2) is 69.0 Å². The lowest BCUT2D eigenvalue weighted by Crippen LogP contribution is -2.34. The van der Waals surface area contributed by atoms with Crippen LogP contribution < -0.4 is 5.56 Å². The van der Waals surface area contributed by atoms with Gasteiger partial charge in [0, 0.05) is 21.3 Å². The highest BCUT2D eigenvalue weighted by molar-refractivity contribution is 9.10. The summed E-state index contributed by atoms with van der Waals surface area (Å²) in [5.41, 5.74) is 2.06. The molecule has 1 aliphatic rings. The number of halogens is 1. The van der Waals surface area contributed by atoms with Gasteiger partial charge >= 0.3 is 0 Å². The number of thiophene rings is 1. The van der Waals surface area contributed by atoms with E-state index in [0.717, 1.165) is 27.0 Å². The molecule has 0 saturated heterocycles. The number of Topliss-reactive ketones (excluding diaryl/α,β-unsaturated/α-hetero) is 1. The molecule has 0 N–H and O–H groups in total. The molecule has 8 heteroatoms. The molecule has 5 rings (SSSR count). The van der Waals surface area contributed by atoms with Gasteiger partial charge in [-0.05, 0) is 43.2 Å². The summed E-state index contributed by atoms with van der Waals surface area (Å²) in [6, 6.07) is 16.8. The monoisotopic (exact) mass is 554 g/mol. The van der Waals surface area contributed by atoms with Gasteiger partial charge in [-0.2, -0.15) is 0 Å². The molecule has 3 heterocycles. The molecular formula is C26H23BrN2O3S2. The third-order valence-electron chi connectivity index (χ3n) is 6.24. The van der Waals surface area contributed by atoms with Gasteiger partial charge in [0.1, 0.15) is 4.83 Å². The van der Waals surface area contributed by atoms with Crippen LogP contribution in [0.2, 0.25) is 0 Å². The maximum Gasteiger partial charge on any atom is 0.267 e. The van der Waals surface area contributed by atoms with Gasteiger partial charge in [0.2, 0.25) is 0 Å². The molecule has 4 aromatic rings. The molecule has 0 saturated carbocycles. The number of nitrogens with zero attached hydrogens (tertiary/aromatic N) is 2. The normalized spacial score (nSPS) is 17.6. The van der Waals surface area contributed by atoms with Gasteiger partial charge in [-0.15, -0.1) is 11.3 Å². The smallest absolute Gasteiger partial charge is 0.267 e. The lowest BCUT2D eigenvalue weighted by atomic mass is 9.90. The van der Waals surface area contributed by atoms with Gasteiger partial charge in [0.05, 0.1) is 29.0 Å². The second kappa shape index (κ2) is 9.41. The van der Waals surface area contributed by atoms with E-state index in [0.29, 0.717) is 34.0 Å². The number of carbonyl (C=O) groups is 1. The first-order valence-corrected chi connectivity index (χ1v) is 13.7. The minimum atomic E-state index is -0.282. The Kier molecular flexibility index (Phi) is 6.50. The van der Waals surface area contributed by atoms with Crippen molar-refractivity contribution in [2.75, 3.05) is 5.75 Å². The van der Waals surface area contributed by atoms with Crippen molar-refractivity contribution in [1.29, 1.82) is 0 Å². The topological polar surface area (TPSA) is 61.2 Å². The molecule has 1 atom stereocenters. The largest absolute Gasteiger partial charge is 0.369 e. The van der Waals surface area contributed by atoms with E-state index in [1.54, 1.807) is 16.7 Å². The van der Waals surface area contributed by atoms with Crippen LogP contribution in [-0.2, 0) is 17.8 Å². The fourth-order valence-electron chi connectivity index (χ4n) is 4.08. The molecule has 2 aromatic heterocycles. The first kappa shape index (κ1) is 23.5. The van der Waals surface area contributed by atoms with Crippen molar-refractivity contribution in [2.24, 2.45) is 0 Å². The highest BCUT2D eigenvalue weighted by Gasteiger charge is 2.33. The minimum Gasteiger partial charge on any atom is -0.369 e. The number of ketones is 1. The Labute approximate surface area is 214 Å². The number of para-hydroxylation sites is 1. The zero-order chi connectivity index (χ0) is 23.9. The minimum absolute atomic E-state index is 0.0101. The summed E-state index contributed by atoms with van der Waals surface area (Å²) in [5, 5.41) is 1.20. The van der Waals surface area contributed by atoms with Crippen molar-refractivity contribution < 1.29 is 9.53 Å². The standard InChI is InChI=1S/C26H23BrN2O3S2/c1-3-26(2)13-19-21(14-32-26)34-23-22(19)24(31)29(18-7-5-4-6-8-18)25(28-23)33-15-20(30)16-9-11-17(27)12-10-16/h4-12H,3,13-15H2,1-2H3/t26-/m0/s1. The number of benzene rings is 2. The van der Waals surface area contributed by atoms with Crippen molar-refractivity contribution in [2.45, 2.75) is 44.1 Å². The van der Waals surface area contributed by atoms with Gasteiger partial charge in [-0.1, -0.05) is 64.9 Å². The van der Waals surface area contributed by atoms with E-state index in [9.17, 15) is 9.59 Å². The number of thioether (sulfide) groups is 1. The van der Waals surface area contributed by atoms with Crippen LogP contribution in [0.25, 0.3) is 15.9 Å². The van der Waals surface area contributed by atoms with Crippen LogP contribution in [0.5, 0.6) is 0 Å². The summed E-state index contributed by atoms with van der Waals surface area (Å²) >= 11 is 6.22. The predicted octanol–water partition coefficient (Wildman–Crippen LogP) is 6.43. The lowest BCUT2D eigenvalue weighted by molar-refractivity contribution is -0.0543. The zero-order valence-electron chi connectivity index (χ0n) is 18.8. The summed E-state index contributed by atoms with van der Waals surface area (Å²) in [4.78, 5) is 33.4. The van der Waals surface area contributed by atoms with Crippen LogP contribution in [0, 0.1) is 0 Å². The van der Waals surface area contributed by atoms with Gasteiger partial charge in [0.15, 0.2) is 10.9 Å². The number of fused-ring (bicyclic) bond motifs is 3. The van der Waals surface area contributed by atoms with Crippen LogP contribution in [-0.4, -0.2) is 26.7 Å². The molecule has 0 aliphatic carbocycles. The van der Waals surface area contributed by atoms with E-state index in [1.807, 2.05) is 42.5 Å². The maximum absolute atomic E-state index is 13.9. The van der Waals surface area contributed by atoms with Gasteiger partial charge in [-0.3, -0.25) is 14.2 Å². The molecule has 0 spiro atoms. The first-order valence-electron chi connectivity index (χ1n) is 11.1. The Balaban J connectivity index is 1.59. The third kappa shape index (κ3) is 4.40. The lowest BCUT2D eigenvalue weighted by Gasteiger charge is -2.32. The van der Waals surface area contributed by atoms with Crippen molar-refractivity contribution in [3.8, 4) is 5.69 Å². The molecule has 1 aliphatic heterocycles. The Morgan fingerprint density at radius 2 is 1.94 bits per heavy atom. The predicted molar refractivity (Wildman–Crippen MR) is 142 cm³/mol. The zero-order valence-corrected chi connectivity index (χ0v) is 22.1. The van der Waals surface area contributed by atoms with Crippen molar-refractivity contribution in [1.82, 2.24) is 9.55 Å². The van der Waals surface area contributed by atoms with E-state index >= 15 is 0 Å². The number of ether oxygens (including phenoxy) is 1.